The lowest BCUT2D eigenvalue weighted by atomic mass is 9.79. The fourth-order valence-electron chi connectivity index (χ4n) is 3.80. The molecule has 1 fully saturated rings. The first kappa shape index (κ1) is 17.8. The molecular weight excluding hydrogens is 342 g/mol. The van der Waals surface area contributed by atoms with Gasteiger partial charge >= 0.3 is 0 Å². The van der Waals surface area contributed by atoms with E-state index in [0.29, 0.717) is 17.3 Å². The summed E-state index contributed by atoms with van der Waals surface area (Å²) in [6, 6.07) is 12.3. The number of halogens is 2. The largest absolute Gasteiger partial charge is 0.236 e. The highest BCUT2D eigenvalue weighted by Gasteiger charge is 2.19. The zero-order valence-corrected chi connectivity index (χ0v) is 15.3. The summed E-state index contributed by atoms with van der Waals surface area (Å²) in [5.41, 5.74) is 3.83. The summed E-state index contributed by atoms with van der Waals surface area (Å²) in [7, 11) is 0. The molecule has 0 aliphatic heterocycles. The minimum absolute atomic E-state index is 0.380. The van der Waals surface area contributed by atoms with Gasteiger partial charge in [-0.05, 0) is 54.0 Å². The highest BCUT2D eigenvalue weighted by Crippen LogP contribution is 2.36. The topological polar surface area (TPSA) is 25.8 Å². The summed E-state index contributed by atoms with van der Waals surface area (Å²) in [6.07, 6.45) is 8.61. The van der Waals surface area contributed by atoms with Crippen molar-refractivity contribution in [3.8, 4) is 22.5 Å². The normalized spacial score (nSPS) is 19.8. The molecule has 1 aliphatic carbocycles. The average Bonchev–Trinajstić information content (AvgIpc) is 2.71. The van der Waals surface area contributed by atoms with E-state index in [0.717, 1.165) is 29.2 Å². The predicted octanol–water partition coefficient (Wildman–Crippen LogP) is 6.38. The van der Waals surface area contributed by atoms with Crippen LogP contribution in [0.5, 0.6) is 0 Å². The minimum atomic E-state index is -0.895. The molecule has 0 N–H and O–H groups in total. The van der Waals surface area contributed by atoms with Gasteiger partial charge in [-0.3, -0.25) is 0 Å². The molecule has 0 bridgehead atoms. The fourth-order valence-corrected chi connectivity index (χ4v) is 3.80. The van der Waals surface area contributed by atoms with Crippen molar-refractivity contribution < 1.29 is 8.78 Å². The molecule has 138 valence electrons. The standard InChI is InChI=1S/C23H22F2N2/c1-15-2-4-16(5-3-15)17-6-8-18(9-7-17)20-13-26-23(27-14-20)19-10-11-21(24)22(25)12-19/h6-16H,2-5H2,1H3/t15-,16-. The number of nitrogens with zero attached hydrogens (tertiary/aromatic N) is 2. The third kappa shape index (κ3) is 3.90. The van der Waals surface area contributed by atoms with Crippen LogP contribution in [0, 0.1) is 17.6 Å². The number of hydrogen-bond acceptors (Lipinski definition) is 2. The Bertz CT molecular complexity index is 912. The molecule has 0 unspecified atom stereocenters. The van der Waals surface area contributed by atoms with Gasteiger partial charge in [0.15, 0.2) is 17.5 Å². The molecule has 1 heterocycles. The van der Waals surface area contributed by atoms with Crippen LogP contribution in [0.4, 0.5) is 8.78 Å². The van der Waals surface area contributed by atoms with E-state index in [1.54, 1.807) is 12.4 Å². The Hall–Kier alpha value is -2.62. The molecule has 0 saturated heterocycles. The van der Waals surface area contributed by atoms with Crippen molar-refractivity contribution in [3.63, 3.8) is 0 Å². The van der Waals surface area contributed by atoms with E-state index in [9.17, 15) is 8.78 Å². The zero-order valence-electron chi connectivity index (χ0n) is 15.3. The van der Waals surface area contributed by atoms with Crippen molar-refractivity contribution >= 4 is 0 Å². The van der Waals surface area contributed by atoms with Gasteiger partial charge in [0, 0.05) is 23.5 Å². The zero-order chi connectivity index (χ0) is 18.8. The van der Waals surface area contributed by atoms with E-state index in [4.69, 9.17) is 0 Å². The Morgan fingerprint density at radius 1 is 0.741 bits per heavy atom. The number of hydrogen-bond donors (Lipinski definition) is 0. The predicted molar refractivity (Wildman–Crippen MR) is 103 cm³/mol. The Labute approximate surface area is 158 Å². The van der Waals surface area contributed by atoms with Gasteiger partial charge in [0.25, 0.3) is 0 Å². The lowest BCUT2D eigenvalue weighted by Gasteiger charge is -2.26. The maximum atomic E-state index is 13.4. The van der Waals surface area contributed by atoms with E-state index in [1.807, 2.05) is 0 Å². The van der Waals surface area contributed by atoms with Crippen molar-refractivity contribution in [2.24, 2.45) is 5.92 Å². The molecule has 0 radical (unpaired) electrons. The van der Waals surface area contributed by atoms with Crippen molar-refractivity contribution in [2.75, 3.05) is 0 Å². The molecule has 3 aromatic rings. The van der Waals surface area contributed by atoms with Gasteiger partial charge in [-0.1, -0.05) is 44.0 Å². The first-order valence-electron chi connectivity index (χ1n) is 9.48. The smallest absolute Gasteiger partial charge is 0.159 e. The van der Waals surface area contributed by atoms with E-state index >= 15 is 0 Å². The average molecular weight is 364 g/mol. The van der Waals surface area contributed by atoms with E-state index in [2.05, 4.69) is 41.2 Å². The van der Waals surface area contributed by atoms with Crippen LogP contribution in [0.25, 0.3) is 22.5 Å². The second-order valence-corrected chi connectivity index (χ2v) is 7.50. The second-order valence-electron chi connectivity index (χ2n) is 7.50. The maximum absolute atomic E-state index is 13.4. The third-order valence-corrected chi connectivity index (χ3v) is 5.56. The van der Waals surface area contributed by atoms with Crippen molar-refractivity contribution in [2.45, 2.75) is 38.5 Å². The molecule has 0 amide bonds. The van der Waals surface area contributed by atoms with Gasteiger partial charge in [-0.25, -0.2) is 18.7 Å². The summed E-state index contributed by atoms with van der Waals surface area (Å²) in [5.74, 6) is 0.134. The Morgan fingerprint density at radius 2 is 1.37 bits per heavy atom. The van der Waals surface area contributed by atoms with Gasteiger partial charge in [0.1, 0.15) is 0 Å². The summed E-state index contributed by atoms with van der Waals surface area (Å²) >= 11 is 0. The van der Waals surface area contributed by atoms with Gasteiger partial charge in [0.2, 0.25) is 0 Å². The Morgan fingerprint density at radius 3 is 2.00 bits per heavy atom. The SMILES string of the molecule is C[C@H]1CC[C@H](c2ccc(-c3cnc(-c4ccc(F)c(F)c4)nc3)cc2)CC1. The quantitative estimate of drug-likeness (QED) is 0.539. The first-order valence-corrected chi connectivity index (χ1v) is 9.48. The van der Waals surface area contributed by atoms with Crippen LogP contribution >= 0.6 is 0 Å². The molecule has 0 atom stereocenters. The Kier molecular flexibility index (Phi) is 4.97. The number of rotatable bonds is 3. The molecule has 0 spiro atoms. The lowest BCUT2D eigenvalue weighted by molar-refractivity contribution is 0.348. The van der Waals surface area contributed by atoms with E-state index in [1.165, 1.54) is 37.3 Å². The summed E-state index contributed by atoms with van der Waals surface area (Å²) in [4.78, 5) is 8.63. The van der Waals surface area contributed by atoms with Crippen LogP contribution in [0.3, 0.4) is 0 Å². The molecule has 1 saturated carbocycles. The van der Waals surface area contributed by atoms with Gasteiger partial charge in [-0.15, -0.1) is 0 Å². The molecule has 1 aliphatic rings. The van der Waals surface area contributed by atoms with Gasteiger partial charge in [0.05, 0.1) is 0 Å². The van der Waals surface area contributed by atoms with Gasteiger partial charge in [-0.2, -0.15) is 0 Å². The molecule has 2 nitrogen and oxygen atoms in total. The summed E-state index contributed by atoms with van der Waals surface area (Å²) in [5, 5.41) is 0. The molecule has 4 heteroatoms. The monoisotopic (exact) mass is 364 g/mol. The molecule has 4 rings (SSSR count). The van der Waals surface area contributed by atoms with Crippen LogP contribution in [0.2, 0.25) is 0 Å². The van der Waals surface area contributed by atoms with Crippen LogP contribution < -0.4 is 0 Å². The third-order valence-electron chi connectivity index (χ3n) is 5.56. The van der Waals surface area contributed by atoms with Crippen LogP contribution in [-0.2, 0) is 0 Å². The summed E-state index contributed by atoms with van der Waals surface area (Å²) in [6.45, 7) is 2.34. The lowest BCUT2D eigenvalue weighted by Crippen LogP contribution is -2.10. The van der Waals surface area contributed by atoms with E-state index in [-0.39, 0.29) is 0 Å². The maximum Gasteiger partial charge on any atom is 0.159 e. The van der Waals surface area contributed by atoms with Gasteiger partial charge < -0.3 is 0 Å². The van der Waals surface area contributed by atoms with Crippen molar-refractivity contribution in [1.29, 1.82) is 0 Å². The molecular formula is C23H22F2N2. The number of aromatic nitrogens is 2. The fraction of sp³-hybridized carbons (Fsp3) is 0.304. The molecule has 27 heavy (non-hydrogen) atoms. The second kappa shape index (κ2) is 7.55. The highest BCUT2D eigenvalue weighted by molar-refractivity contribution is 5.64. The minimum Gasteiger partial charge on any atom is -0.236 e. The van der Waals surface area contributed by atoms with Crippen LogP contribution in [-0.4, -0.2) is 9.97 Å². The highest BCUT2D eigenvalue weighted by atomic mass is 19.2. The molecule has 1 aromatic heterocycles. The van der Waals surface area contributed by atoms with Crippen LogP contribution in [0.15, 0.2) is 54.9 Å². The van der Waals surface area contributed by atoms with E-state index < -0.39 is 11.6 Å². The Balaban J connectivity index is 1.51. The van der Waals surface area contributed by atoms with Crippen molar-refractivity contribution in [3.05, 3.63) is 72.1 Å². The van der Waals surface area contributed by atoms with Crippen molar-refractivity contribution in [1.82, 2.24) is 9.97 Å². The van der Waals surface area contributed by atoms with Crippen LogP contribution in [0.1, 0.15) is 44.1 Å². The summed E-state index contributed by atoms with van der Waals surface area (Å²) < 4.78 is 26.5. The number of benzene rings is 2. The molecule has 2 aromatic carbocycles. The first-order chi connectivity index (χ1) is 13.1.